The van der Waals surface area contributed by atoms with Crippen molar-refractivity contribution < 1.29 is 4.39 Å². The fourth-order valence-corrected chi connectivity index (χ4v) is 1.99. The van der Waals surface area contributed by atoms with Gasteiger partial charge in [-0.05, 0) is 42.9 Å². The maximum atomic E-state index is 12.9. The zero-order chi connectivity index (χ0) is 12.8. The van der Waals surface area contributed by atoms with Gasteiger partial charge < -0.3 is 11.1 Å². The molecule has 1 aromatic rings. The van der Waals surface area contributed by atoms with Gasteiger partial charge in [0.25, 0.3) is 0 Å². The molecule has 1 aliphatic rings. The van der Waals surface area contributed by atoms with Crippen LogP contribution in [0.15, 0.2) is 29.3 Å². The lowest BCUT2D eigenvalue weighted by atomic mass is 9.86. The molecule has 0 spiro atoms. The van der Waals surface area contributed by atoms with E-state index in [1.165, 1.54) is 25.3 Å². The first-order valence-electron chi connectivity index (χ1n) is 6.52. The predicted molar refractivity (Wildman–Crippen MR) is 71.9 cm³/mol. The van der Waals surface area contributed by atoms with Crippen LogP contribution in [0.25, 0.3) is 0 Å². The highest BCUT2D eigenvalue weighted by atomic mass is 19.1. The molecule has 98 valence electrons. The summed E-state index contributed by atoms with van der Waals surface area (Å²) in [6.45, 7) is 1.52. The van der Waals surface area contributed by atoms with Gasteiger partial charge >= 0.3 is 0 Å². The second-order valence-corrected chi connectivity index (χ2v) is 4.83. The molecule has 0 unspecified atom stereocenters. The Bertz CT molecular complexity index is 413. The van der Waals surface area contributed by atoms with E-state index in [-0.39, 0.29) is 5.82 Å². The van der Waals surface area contributed by atoms with E-state index in [2.05, 4.69) is 10.3 Å². The first kappa shape index (κ1) is 12.9. The number of benzene rings is 1. The maximum Gasteiger partial charge on any atom is 0.188 e. The van der Waals surface area contributed by atoms with Crippen LogP contribution in [-0.4, -0.2) is 19.0 Å². The Hall–Kier alpha value is -1.58. The molecule has 18 heavy (non-hydrogen) atoms. The van der Waals surface area contributed by atoms with Crippen LogP contribution in [0.5, 0.6) is 0 Å². The molecule has 3 N–H and O–H groups in total. The third kappa shape index (κ3) is 4.02. The normalized spacial score (nSPS) is 16.4. The highest BCUT2D eigenvalue weighted by Gasteiger charge is 2.16. The lowest BCUT2D eigenvalue weighted by Crippen LogP contribution is -2.34. The van der Waals surface area contributed by atoms with Crippen LogP contribution >= 0.6 is 0 Å². The predicted octanol–water partition coefficient (Wildman–Crippen LogP) is 2.07. The van der Waals surface area contributed by atoms with Crippen LogP contribution in [0, 0.1) is 11.7 Å². The summed E-state index contributed by atoms with van der Waals surface area (Å²) in [6, 6.07) is 6.62. The summed E-state index contributed by atoms with van der Waals surface area (Å²) in [4.78, 5) is 4.30. The van der Waals surface area contributed by atoms with E-state index < -0.39 is 0 Å². The van der Waals surface area contributed by atoms with E-state index in [1.807, 2.05) is 6.07 Å². The molecule has 1 fully saturated rings. The topological polar surface area (TPSA) is 50.4 Å². The third-order valence-corrected chi connectivity index (χ3v) is 3.35. The second kappa shape index (κ2) is 6.38. The minimum Gasteiger partial charge on any atom is -0.370 e. The zero-order valence-electron chi connectivity index (χ0n) is 10.5. The van der Waals surface area contributed by atoms with Crippen LogP contribution < -0.4 is 11.1 Å². The molecule has 1 saturated carbocycles. The summed E-state index contributed by atoms with van der Waals surface area (Å²) in [5, 5.41) is 3.06. The van der Waals surface area contributed by atoms with Gasteiger partial charge in [-0.1, -0.05) is 18.6 Å². The molecule has 3 nitrogen and oxygen atoms in total. The van der Waals surface area contributed by atoms with Crippen molar-refractivity contribution in [3.8, 4) is 0 Å². The summed E-state index contributed by atoms with van der Waals surface area (Å²) in [5.74, 6) is 1.03. The van der Waals surface area contributed by atoms with Gasteiger partial charge in [-0.15, -0.1) is 0 Å². The number of hydrogen-bond acceptors (Lipinski definition) is 1. The Morgan fingerprint density at radius 2 is 2.28 bits per heavy atom. The van der Waals surface area contributed by atoms with E-state index >= 15 is 0 Å². The molecule has 0 amide bonds. The Balaban J connectivity index is 1.67. The molecule has 1 aliphatic carbocycles. The minimum atomic E-state index is -0.195. The van der Waals surface area contributed by atoms with E-state index in [4.69, 9.17) is 5.73 Å². The molecule has 0 saturated heterocycles. The average molecular weight is 249 g/mol. The van der Waals surface area contributed by atoms with Gasteiger partial charge in [-0.25, -0.2) is 4.39 Å². The largest absolute Gasteiger partial charge is 0.370 e. The quantitative estimate of drug-likeness (QED) is 0.620. The summed E-state index contributed by atoms with van der Waals surface area (Å²) in [6.07, 6.45) is 4.63. The molecular weight excluding hydrogens is 229 g/mol. The standard InChI is InChI=1S/C14H20FN3/c15-13-6-2-3-11(9-13)7-8-17-14(16)18-10-12-4-1-5-12/h2-3,6,9,12H,1,4-5,7-8,10H2,(H3,16,17,18). The van der Waals surface area contributed by atoms with Crippen molar-refractivity contribution in [2.24, 2.45) is 16.6 Å². The first-order valence-corrected chi connectivity index (χ1v) is 6.52. The number of nitrogens with zero attached hydrogens (tertiary/aromatic N) is 1. The number of halogens is 1. The number of guanidine groups is 1. The van der Waals surface area contributed by atoms with Crippen LogP contribution in [0.3, 0.4) is 0 Å². The molecule has 0 atom stereocenters. The fourth-order valence-electron chi connectivity index (χ4n) is 1.99. The number of nitrogens with one attached hydrogen (secondary N) is 1. The molecule has 0 bridgehead atoms. The van der Waals surface area contributed by atoms with Crippen molar-refractivity contribution in [3.05, 3.63) is 35.6 Å². The smallest absolute Gasteiger partial charge is 0.188 e. The van der Waals surface area contributed by atoms with Crippen molar-refractivity contribution in [1.82, 2.24) is 5.32 Å². The molecule has 2 rings (SSSR count). The average Bonchev–Trinajstić information content (AvgIpc) is 2.27. The van der Waals surface area contributed by atoms with Gasteiger partial charge in [0.05, 0.1) is 0 Å². The van der Waals surface area contributed by atoms with Crippen molar-refractivity contribution in [2.45, 2.75) is 25.7 Å². The number of hydrogen-bond donors (Lipinski definition) is 2. The lowest BCUT2D eigenvalue weighted by Gasteiger charge is -2.23. The maximum absolute atomic E-state index is 12.9. The van der Waals surface area contributed by atoms with Crippen LogP contribution in [0.1, 0.15) is 24.8 Å². The van der Waals surface area contributed by atoms with Crippen LogP contribution in [0.4, 0.5) is 4.39 Å². The van der Waals surface area contributed by atoms with Gasteiger partial charge in [0.2, 0.25) is 0 Å². The van der Waals surface area contributed by atoms with Gasteiger partial charge in [-0.3, -0.25) is 4.99 Å². The number of aliphatic imine (C=N–C) groups is 1. The number of nitrogens with two attached hydrogens (primary N) is 1. The Kier molecular flexibility index (Phi) is 4.56. The highest BCUT2D eigenvalue weighted by molar-refractivity contribution is 5.77. The molecule has 4 heteroatoms. The Labute approximate surface area is 107 Å². The molecule has 0 aromatic heterocycles. The van der Waals surface area contributed by atoms with Crippen LogP contribution in [-0.2, 0) is 6.42 Å². The van der Waals surface area contributed by atoms with Gasteiger partial charge in [0, 0.05) is 13.1 Å². The second-order valence-electron chi connectivity index (χ2n) is 4.83. The summed E-state index contributed by atoms with van der Waals surface area (Å²) in [5.41, 5.74) is 6.73. The summed E-state index contributed by atoms with van der Waals surface area (Å²) in [7, 11) is 0. The molecular formula is C14H20FN3. The monoisotopic (exact) mass is 249 g/mol. The van der Waals surface area contributed by atoms with E-state index in [0.29, 0.717) is 12.5 Å². The van der Waals surface area contributed by atoms with Gasteiger partial charge in [0.1, 0.15) is 5.82 Å². The molecule has 0 heterocycles. The first-order chi connectivity index (χ1) is 8.74. The number of rotatable bonds is 5. The highest BCUT2D eigenvalue weighted by Crippen LogP contribution is 2.26. The van der Waals surface area contributed by atoms with Gasteiger partial charge in [-0.2, -0.15) is 0 Å². The van der Waals surface area contributed by atoms with Gasteiger partial charge in [0.15, 0.2) is 5.96 Å². The van der Waals surface area contributed by atoms with E-state index in [0.717, 1.165) is 24.4 Å². The molecule has 0 aliphatic heterocycles. The van der Waals surface area contributed by atoms with Crippen molar-refractivity contribution in [3.63, 3.8) is 0 Å². The Morgan fingerprint density at radius 3 is 2.94 bits per heavy atom. The summed E-state index contributed by atoms with van der Waals surface area (Å²) < 4.78 is 12.9. The third-order valence-electron chi connectivity index (χ3n) is 3.35. The molecule has 1 aromatic carbocycles. The van der Waals surface area contributed by atoms with Crippen LogP contribution in [0.2, 0.25) is 0 Å². The SMILES string of the molecule is NC(=NCC1CCC1)NCCc1cccc(F)c1. The van der Waals surface area contributed by atoms with Crippen molar-refractivity contribution in [1.29, 1.82) is 0 Å². The summed E-state index contributed by atoms with van der Waals surface area (Å²) >= 11 is 0. The molecule has 0 radical (unpaired) electrons. The Morgan fingerprint density at radius 1 is 1.44 bits per heavy atom. The van der Waals surface area contributed by atoms with E-state index in [9.17, 15) is 4.39 Å². The zero-order valence-corrected chi connectivity index (χ0v) is 10.5. The van der Waals surface area contributed by atoms with E-state index in [1.54, 1.807) is 12.1 Å². The fraction of sp³-hybridized carbons (Fsp3) is 0.500. The lowest BCUT2D eigenvalue weighted by molar-refractivity contribution is 0.326. The van der Waals surface area contributed by atoms with Crippen molar-refractivity contribution >= 4 is 5.96 Å². The minimum absolute atomic E-state index is 0.195. The van der Waals surface area contributed by atoms with Crippen molar-refractivity contribution in [2.75, 3.05) is 13.1 Å².